The molecular weight excluding hydrogens is 336 g/mol. The Morgan fingerprint density at radius 1 is 1.11 bits per heavy atom. The molecule has 1 aliphatic carbocycles. The summed E-state index contributed by atoms with van der Waals surface area (Å²) >= 11 is 0. The van der Waals surface area contributed by atoms with Crippen LogP contribution in [-0.4, -0.2) is 12.6 Å². The van der Waals surface area contributed by atoms with E-state index in [2.05, 4.69) is 42.6 Å². The third-order valence-electron chi connectivity index (χ3n) is 5.63. The number of carbonyl (C=O) groups excluding carboxylic acids is 1. The summed E-state index contributed by atoms with van der Waals surface area (Å²) in [6, 6.07) is 12.2. The number of hydrogen-bond acceptors (Lipinski definition) is 2. The molecule has 3 rings (SSSR count). The number of benzene rings is 2. The van der Waals surface area contributed by atoms with Crippen molar-refractivity contribution < 1.29 is 9.53 Å². The van der Waals surface area contributed by atoms with Crippen molar-refractivity contribution in [1.29, 1.82) is 0 Å². The van der Waals surface area contributed by atoms with Crippen molar-refractivity contribution in [2.45, 2.75) is 64.3 Å². The molecule has 2 aromatic rings. The summed E-state index contributed by atoms with van der Waals surface area (Å²) in [6.07, 6.45) is 9.54. The molecule has 2 aromatic carbocycles. The van der Waals surface area contributed by atoms with Crippen LogP contribution in [-0.2, 0) is 0 Å². The second-order valence-corrected chi connectivity index (χ2v) is 7.71. The Hall–Kier alpha value is -2.23. The number of ether oxygens (including phenoxy) is 1. The maximum atomic E-state index is 11.6. The van der Waals surface area contributed by atoms with Crippen LogP contribution in [0.4, 0.5) is 4.79 Å². The Labute approximate surface area is 162 Å². The smallest absolute Gasteiger partial charge is 0.312 e. The van der Waals surface area contributed by atoms with E-state index in [1.807, 2.05) is 6.07 Å². The number of amides is 2. The van der Waals surface area contributed by atoms with E-state index in [4.69, 9.17) is 10.5 Å². The van der Waals surface area contributed by atoms with E-state index >= 15 is 0 Å². The van der Waals surface area contributed by atoms with Crippen LogP contribution in [0.3, 0.4) is 0 Å². The lowest BCUT2D eigenvalue weighted by atomic mass is 9.81. The highest BCUT2D eigenvalue weighted by Gasteiger charge is 2.26. The summed E-state index contributed by atoms with van der Waals surface area (Å²) in [5.74, 6) is 1.38. The molecule has 4 nitrogen and oxygen atoms in total. The van der Waals surface area contributed by atoms with Crippen molar-refractivity contribution in [3.05, 3.63) is 42.0 Å². The van der Waals surface area contributed by atoms with E-state index < -0.39 is 6.03 Å². The van der Waals surface area contributed by atoms with E-state index in [-0.39, 0.29) is 6.04 Å². The second kappa shape index (κ2) is 9.63. The highest BCUT2D eigenvalue weighted by Crippen LogP contribution is 2.35. The van der Waals surface area contributed by atoms with Crippen LogP contribution < -0.4 is 15.8 Å². The van der Waals surface area contributed by atoms with E-state index in [0.717, 1.165) is 42.6 Å². The first kappa shape index (κ1) is 19.5. The van der Waals surface area contributed by atoms with Gasteiger partial charge in [-0.15, -0.1) is 0 Å². The first-order valence-electron chi connectivity index (χ1n) is 10.4. The molecule has 0 aromatic heterocycles. The molecular formula is C23H32N2O2. The van der Waals surface area contributed by atoms with Crippen LogP contribution >= 0.6 is 0 Å². The molecule has 0 saturated heterocycles. The molecule has 1 atom stereocenters. The third kappa shape index (κ3) is 5.38. The monoisotopic (exact) mass is 368 g/mol. The van der Waals surface area contributed by atoms with Gasteiger partial charge in [-0.05, 0) is 59.7 Å². The van der Waals surface area contributed by atoms with Crippen LogP contribution in [0.15, 0.2) is 36.4 Å². The molecule has 146 valence electrons. The average molecular weight is 369 g/mol. The molecule has 0 spiro atoms. The van der Waals surface area contributed by atoms with Gasteiger partial charge in [-0.2, -0.15) is 0 Å². The zero-order chi connectivity index (χ0) is 19.1. The largest absolute Gasteiger partial charge is 0.494 e. The first-order valence-corrected chi connectivity index (χ1v) is 10.4. The molecule has 2 amide bonds. The molecule has 1 saturated carbocycles. The van der Waals surface area contributed by atoms with Crippen molar-refractivity contribution in [3.8, 4) is 5.75 Å². The summed E-state index contributed by atoms with van der Waals surface area (Å²) in [4.78, 5) is 11.6. The number of urea groups is 1. The molecule has 0 bridgehead atoms. The van der Waals surface area contributed by atoms with Gasteiger partial charge in [-0.1, -0.05) is 57.2 Å². The Bertz CT molecular complexity index is 753. The number of carbonyl (C=O) groups is 1. The normalized spacial score (nSPS) is 16.2. The van der Waals surface area contributed by atoms with Crippen LogP contribution in [0.1, 0.15) is 69.9 Å². The van der Waals surface area contributed by atoms with E-state index in [9.17, 15) is 4.79 Å². The number of hydrogen-bond donors (Lipinski definition) is 2. The van der Waals surface area contributed by atoms with Gasteiger partial charge in [-0.3, -0.25) is 0 Å². The van der Waals surface area contributed by atoms with Crippen molar-refractivity contribution in [2.24, 2.45) is 11.7 Å². The zero-order valence-electron chi connectivity index (χ0n) is 16.4. The summed E-state index contributed by atoms with van der Waals surface area (Å²) in [6.45, 7) is 2.96. The molecule has 0 radical (unpaired) electrons. The number of fused-ring (bicyclic) bond motifs is 1. The lowest BCUT2D eigenvalue weighted by Crippen LogP contribution is -2.37. The molecule has 0 unspecified atom stereocenters. The summed E-state index contributed by atoms with van der Waals surface area (Å²) in [5.41, 5.74) is 6.61. The first-order chi connectivity index (χ1) is 13.2. The predicted molar refractivity (Wildman–Crippen MR) is 111 cm³/mol. The van der Waals surface area contributed by atoms with Gasteiger partial charge >= 0.3 is 6.03 Å². The minimum absolute atomic E-state index is 0.00262. The Balaban J connectivity index is 1.77. The van der Waals surface area contributed by atoms with E-state index in [1.165, 1.54) is 37.5 Å². The van der Waals surface area contributed by atoms with Crippen LogP contribution in [0.5, 0.6) is 5.75 Å². The van der Waals surface area contributed by atoms with Gasteiger partial charge in [0.15, 0.2) is 0 Å². The summed E-state index contributed by atoms with van der Waals surface area (Å²) < 4.78 is 5.87. The van der Waals surface area contributed by atoms with Crippen LogP contribution in [0, 0.1) is 5.92 Å². The molecule has 0 aliphatic heterocycles. The van der Waals surface area contributed by atoms with Crippen molar-refractivity contribution >= 4 is 16.8 Å². The van der Waals surface area contributed by atoms with E-state index in [1.54, 1.807) is 0 Å². The minimum atomic E-state index is -0.443. The fraction of sp³-hybridized carbons (Fsp3) is 0.522. The minimum Gasteiger partial charge on any atom is -0.494 e. The number of primary amides is 1. The van der Waals surface area contributed by atoms with Crippen LogP contribution in [0.2, 0.25) is 0 Å². The van der Waals surface area contributed by atoms with Gasteiger partial charge in [0.2, 0.25) is 0 Å². The lowest BCUT2D eigenvalue weighted by molar-refractivity contribution is 0.229. The standard InChI is InChI=1S/C23H32N2O2/c1-2-3-7-14-27-21-13-12-18-15-20(11-10-19(18)16-21)22(25-23(24)26)17-8-5-4-6-9-17/h10-13,15-17,22H,2-9,14H2,1H3,(H3,24,25,26)/t22-/m1/s1. The Morgan fingerprint density at radius 3 is 2.59 bits per heavy atom. The van der Waals surface area contributed by atoms with Crippen molar-refractivity contribution in [1.82, 2.24) is 5.32 Å². The van der Waals surface area contributed by atoms with Crippen molar-refractivity contribution in [2.75, 3.05) is 6.61 Å². The number of nitrogens with two attached hydrogens (primary N) is 1. The van der Waals surface area contributed by atoms with Gasteiger partial charge in [0.05, 0.1) is 12.6 Å². The Morgan fingerprint density at radius 2 is 1.85 bits per heavy atom. The van der Waals surface area contributed by atoms with Gasteiger partial charge in [0.1, 0.15) is 5.75 Å². The maximum Gasteiger partial charge on any atom is 0.312 e. The fourth-order valence-corrected chi connectivity index (χ4v) is 4.16. The highest BCUT2D eigenvalue weighted by atomic mass is 16.5. The summed E-state index contributed by atoms with van der Waals surface area (Å²) in [7, 11) is 0. The van der Waals surface area contributed by atoms with Gasteiger partial charge in [0, 0.05) is 0 Å². The van der Waals surface area contributed by atoms with Gasteiger partial charge in [-0.25, -0.2) is 4.79 Å². The molecule has 27 heavy (non-hydrogen) atoms. The number of nitrogens with one attached hydrogen (secondary N) is 1. The highest BCUT2D eigenvalue weighted by molar-refractivity contribution is 5.85. The number of rotatable bonds is 8. The fourth-order valence-electron chi connectivity index (χ4n) is 4.16. The molecule has 4 heteroatoms. The SMILES string of the molecule is CCCCCOc1ccc2cc([C@H](NC(N)=O)C3CCCCC3)ccc2c1. The topological polar surface area (TPSA) is 64.3 Å². The Kier molecular flexibility index (Phi) is 6.97. The zero-order valence-corrected chi connectivity index (χ0v) is 16.4. The summed E-state index contributed by atoms with van der Waals surface area (Å²) in [5, 5.41) is 5.32. The predicted octanol–water partition coefficient (Wildman–Crippen LogP) is 5.70. The molecule has 3 N–H and O–H groups in total. The van der Waals surface area contributed by atoms with Gasteiger partial charge < -0.3 is 15.8 Å². The number of unbranched alkanes of at least 4 members (excludes halogenated alkanes) is 2. The average Bonchev–Trinajstić information content (AvgIpc) is 2.69. The van der Waals surface area contributed by atoms with Crippen molar-refractivity contribution in [3.63, 3.8) is 0 Å². The van der Waals surface area contributed by atoms with Crippen LogP contribution in [0.25, 0.3) is 10.8 Å². The second-order valence-electron chi connectivity index (χ2n) is 7.71. The third-order valence-corrected chi connectivity index (χ3v) is 5.63. The molecule has 0 heterocycles. The maximum absolute atomic E-state index is 11.6. The van der Waals surface area contributed by atoms with Gasteiger partial charge in [0.25, 0.3) is 0 Å². The molecule has 1 aliphatic rings. The molecule has 1 fully saturated rings. The lowest BCUT2D eigenvalue weighted by Gasteiger charge is -2.31. The van der Waals surface area contributed by atoms with E-state index in [0.29, 0.717) is 5.92 Å². The quantitative estimate of drug-likeness (QED) is 0.587.